The Morgan fingerprint density at radius 1 is 1.00 bits per heavy atom. The maximum atomic E-state index is 12.7. The third-order valence-electron chi connectivity index (χ3n) is 5.43. The van der Waals surface area contributed by atoms with Crippen molar-refractivity contribution in [3.8, 4) is 0 Å². The Hall–Kier alpha value is -3.61. The number of benzene rings is 2. The van der Waals surface area contributed by atoms with Gasteiger partial charge in [-0.2, -0.15) is 5.10 Å². The summed E-state index contributed by atoms with van der Waals surface area (Å²) in [4.78, 5) is 26.9. The van der Waals surface area contributed by atoms with Crippen molar-refractivity contribution in [3.05, 3.63) is 84.2 Å². The normalized spacial score (nSPS) is 16.0. The topological polar surface area (TPSA) is 79.3 Å². The highest BCUT2D eigenvalue weighted by atomic mass is 16.2. The number of amides is 3. The number of anilines is 1. The highest BCUT2D eigenvalue weighted by Gasteiger charge is 2.28. The summed E-state index contributed by atoms with van der Waals surface area (Å²) in [5, 5.41) is 10.4. The molecule has 0 bridgehead atoms. The highest BCUT2D eigenvalue weighted by Crippen LogP contribution is 2.18. The van der Waals surface area contributed by atoms with E-state index < -0.39 is 0 Å². The smallest absolute Gasteiger partial charge is 0.321 e. The number of para-hydroxylation sites is 1. The van der Waals surface area contributed by atoms with E-state index in [1.54, 1.807) is 4.90 Å². The van der Waals surface area contributed by atoms with Gasteiger partial charge in [-0.15, -0.1) is 0 Å². The second kappa shape index (κ2) is 9.93. The third kappa shape index (κ3) is 5.72. The van der Waals surface area contributed by atoms with Crippen molar-refractivity contribution >= 4 is 17.6 Å². The van der Waals surface area contributed by atoms with Gasteiger partial charge in [-0.3, -0.25) is 9.48 Å². The summed E-state index contributed by atoms with van der Waals surface area (Å²) in [5.41, 5.74) is 2.75. The molecule has 1 saturated heterocycles. The quantitative estimate of drug-likeness (QED) is 0.644. The standard InChI is InChI=1S/C24H27N5O2/c30-23(25-16-22-13-15-29(27-22)17-19-8-3-1-4-9-19)20-10-7-14-28(18-20)24(31)26-21-11-5-2-6-12-21/h1-6,8-9,11-13,15,20H,7,10,14,16-18H2,(H,25,30)(H,26,31). The van der Waals surface area contributed by atoms with E-state index in [4.69, 9.17) is 0 Å². The second-order valence-electron chi connectivity index (χ2n) is 7.79. The van der Waals surface area contributed by atoms with E-state index in [0.29, 0.717) is 26.2 Å². The van der Waals surface area contributed by atoms with E-state index in [2.05, 4.69) is 27.9 Å². The molecule has 1 aliphatic rings. The van der Waals surface area contributed by atoms with Gasteiger partial charge in [0.1, 0.15) is 0 Å². The Morgan fingerprint density at radius 2 is 1.74 bits per heavy atom. The monoisotopic (exact) mass is 417 g/mol. The molecule has 1 aromatic heterocycles. The van der Waals surface area contributed by atoms with Gasteiger partial charge in [0, 0.05) is 25.0 Å². The molecule has 2 heterocycles. The molecular weight excluding hydrogens is 390 g/mol. The predicted octanol–water partition coefficient (Wildman–Crippen LogP) is 3.49. The molecule has 0 saturated carbocycles. The Morgan fingerprint density at radius 3 is 2.52 bits per heavy atom. The second-order valence-corrected chi connectivity index (χ2v) is 7.79. The molecule has 1 aliphatic heterocycles. The van der Waals surface area contributed by atoms with Gasteiger partial charge in [0.25, 0.3) is 0 Å². The van der Waals surface area contributed by atoms with Gasteiger partial charge in [-0.05, 0) is 36.6 Å². The number of likely N-dealkylation sites (tertiary alicyclic amines) is 1. The van der Waals surface area contributed by atoms with E-state index in [0.717, 1.165) is 24.2 Å². The van der Waals surface area contributed by atoms with Crippen molar-refractivity contribution in [3.63, 3.8) is 0 Å². The maximum Gasteiger partial charge on any atom is 0.321 e. The molecule has 31 heavy (non-hydrogen) atoms. The molecule has 3 amide bonds. The molecular formula is C24H27N5O2. The lowest BCUT2D eigenvalue weighted by Crippen LogP contribution is -2.46. The first-order valence-corrected chi connectivity index (χ1v) is 10.6. The number of nitrogens with zero attached hydrogens (tertiary/aromatic N) is 3. The third-order valence-corrected chi connectivity index (χ3v) is 5.43. The van der Waals surface area contributed by atoms with Crippen LogP contribution in [0.25, 0.3) is 0 Å². The average molecular weight is 418 g/mol. The summed E-state index contributed by atoms with van der Waals surface area (Å²) in [7, 11) is 0. The number of piperidine rings is 1. The maximum absolute atomic E-state index is 12.7. The number of carbonyl (C=O) groups is 2. The predicted molar refractivity (Wildman–Crippen MR) is 119 cm³/mol. The molecule has 7 nitrogen and oxygen atoms in total. The lowest BCUT2D eigenvalue weighted by molar-refractivity contribution is -0.126. The van der Waals surface area contributed by atoms with Crippen LogP contribution in [-0.2, 0) is 17.9 Å². The summed E-state index contributed by atoms with van der Waals surface area (Å²) in [5.74, 6) is -0.239. The Labute approximate surface area is 182 Å². The summed E-state index contributed by atoms with van der Waals surface area (Å²) < 4.78 is 1.87. The van der Waals surface area contributed by atoms with Crippen molar-refractivity contribution < 1.29 is 9.59 Å². The fourth-order valence-electron chi connectivity index (χ4n) is 3.78. The molecule has 1 unspecified atom stereocenters. The number of hydrogen-bond donors (Lipinski definition) is 2. The number of urea groups is 1. The zero-order chi connectivity index (χ0) is 21.5. The molecule has 7 heteroatoms. The summed E-state index contributed by atoms with van der Waals surface area (Å²) >= 11 is 0. The molecule has 0 aliphatic carbocycles. The van der Waals surface area contributed by atoms with Crippen LogP contribution in [0.3, 0.4) is 0 Å². The van der Waals surface area contributed by atoms with Crippen LogP contribution in [0.1, 0.15) is 24.1 Å². The van der Waals surface area contributed by atoms with Gasteiger partial charge in [-0.1, -0.05) is 48.5 Å². The minimum Gasteiger partial charge on any atom is -0.350 e. The minimum atomic E-state index is -0.207. The lowest BCUT2D eigenvalue weighted by Gasteiger charge is -2.32. The molecule has 160 valence electrons. The van der Waals surface area contributed by atoms with E-state index in [1.165, 1.54) is 5.56 Å². The van der Waals surface area contributed by atoms with E-state index in [9.17, 15) is 9.59 Å². The number of hydrogen-bond acceptors (Lipinski definition) is 3. The first kappa shape index (κ1) is 20.7. The number of aromatic nitrogens is 2. The van der Waals surface area contributed by atoms with Crippen LogP contribution in [0.15, 0.2) is 72.9 Å². The Bertz CT molecular complexity index is 1000. The van der Waals surface area contributed by atoms with Crippen LogP contribution >= 0.6 is 0 Å². The van der Waals surface area contributed by atoms with Crippen LogP contribution in [-0.4, -0.2) is 39.7 Å². The first-order valence-electron chi connectivity index (χ1n) is 10.6. The Kier molecular flexibility index (Phi) is 6.62. The lowest BCUT2D eigenvalue weighted by atomic mass is 9.97. The zero-order valence-electron chi connectivity index (χ0n) is 17.4. The fraction of sp³-hybridized carbons (Fsp3) is 0.292. The summed E-state index contributed by atoms with van der Waals surface area (Å²) in [6, 6.07) is 21.2. The van der Waals surface area contributed by atoms with Crippen LogP contribution in [0.5, 0.6) is 0 Å². The van der Waals surface area contributed by atoms with Gasteiger partial charge in [0.2, 0.25) is 5.91 Å². The molecule has 4 rings (SSSR count). The summed E-state index contributed by atoms with van der Waals surface area (Å²) in [6.45, 7) is 2.16. The van der Waals surface area contributed by atoms with Crippen LogP contribution < -0.4 is 10.6 Å². The van der Waals surface area contributed by atoms with Crippen molar-refractivity contribution in [2.45, 2.75) is 25.9 Å². The van der Waals surface area contributed by atoms with Crippen molar-refractivity contribution in [2.24, 2.45) is 5.92 Å². The van der Waals surface area contributed by atoms with Gasteiger partial charge >= 0.3 is 6.03 Å². The largest absolute Gasteiger partial charge is 0.350 e. The van der Waals surface area contributed by atoms with E-state index in [1.807, 2.05) is 65.5 Å². The summed E-state index contributed by atoms with van der Waals surface area (Å²) in [6.07, 6.45) is 3.51. The van der Waals surface area contributed by atoms with Crippen LogP contribution in [0, 0.1) is 5.92 Å². The number of carbonyl (C=O) groups excluding carboxylic acids is 2. The van der Waals surface area contributed by atoms with Gasteiger partial charge in [0.05, 0.1) is 24.7 Å². The SMILES string of the molecule is O=C(NCc1ccn(Cc2ccccc2)n1)C1CCCN(C(=O)Nc2ccccc2)C1. The van der Waals surface area contributed by atoms with Gasteiger partial charge in [-0.25, -0.2) is 4.79 Å². The molecule has 1 atom stereocenters. The van der Waals surface area contributed by atoms with Crippen molar-refractivity contribution in [1.82, 2.24) is 20.0 Å². The highest BCUT2D eigenvalue weighted by molar-refractivity contribution is 5.90. The Balaban J connectivity index is 1.26. The molecule has 1 fully saturated rings. The van der Waals surface area contributed by atoms with Crippen molar-refractivity contribution in [2.75, 3.05) is 18.4 Å². The molecule has 0 spiro atoms. The van der Waals surface area contributed by atoms with Gasteiger partial charge in [0.15, 0.2) is 0 Å². The fourth-order valence-corrected chi connectivity index (χ4v) is 3.78. The molecule has 2 aromatic carbocycles. The van der Waals surface area contributed by atoms with Crippen LogP contribution in [0.4, 0.5) is 10.5 Å². The zero-order valence-corrected chi connectivity index (χ0v) is 17.4. The van der Waals surface area contributed by atoms with E-state index in [-0.39, 0.29) is 17.9 Å². The first-order chi connectivity index (χ1) is 15.2. The van der Waals surface area contributed by atoms with Crippen molar-refractivity contribution in [1.29, 1.82) is 0 Å². The molecule has 3 aromatic rings. The number of nitrogens with one attached hydrogen (secondary N) is 2. The average Bonchev–Trinajstić information content (AvgIpc) is 3.26. The molecule has 2 N–H and O–H groups in total. The van der Waals surface area contributed by atoms with E-state index >= 15 is 0 Å². The minimum absolute atomic E-state index is 0.0326. The van der Waals surface area contributed by atoms with Gasteiger partial charge < -0.3 is 15.5 Å². The molecule has 0 radical (unpaired) electrons. The van der Waals surface area contributed by atoms with Crippen LogP contribution in [0.2, 0.25) is 0 Å². The number of rotatable bonds is 6.